The van der Waals surface area contributed by atoms with E-state index < -0.39 is 6.17 Å². The molecule has 1 aliphatic carbocycles. The first-order valence-electron chi connectivity index (χ1n) is 14.5. The van der Waals surface area contributed by atoms with E-state index in [-0.39, 0.29) is 17.9 Å². The van der Waals surface area contributed by atoms with Gasteiger partial charge in [-0.05, 0) is 82.9 Å². The summed E-state index contributed by atoms with van der Waals surface area (Å²) in [6.45, 7) is 8.79. The molecule has 0 N–H and O–H groups in total. The Labute approximate surface area is 229 Å². The first-order chi connectivity index (χ1) is 18.9. The number of carbonyl (C=O) groups is 1. The first-order valence-corrected chi connectivity index (χ1v) is 14.5. The van der Waals surface area contributed by atoms with Crippen LogP contribution in [-0.2, 0) is 4.79 Å². The quantitative estimate of drug-likeness (QED) is 0.462. The molecular formula is C30H39FN6O2. The van der Waals surface area contributed by atoms with Gasteiger partial charge in [0.15, 0.2) is 5.75 Å². The third-order valence-electron chi connectivity index (χ3n) is 8.91. The van der Waals surface area contributed by atoms with Crippen molar-refractivity contribution in [1.82, 2.24) is 24.5 Å². The predicted octanol–water partition coefficient (Wildman–Crippen LogP) is 4.94. The number of aromatic nitrogens is 4. The number of hydrogen-bond acceptors (Lipinski definition) is 6. The summed E-state index contributed by atoms with van der Waals surface area (Å²) in [5.74, 6) is 2.98. The van der Waals surface area contributed by atoms with Crippen molar-refractivity contribution in [3.05, 3.63) is 47.0 Å². The van der Waals surface area contributed by atoms with Gasteiger partial charge in [0.2, 0.25) is 5.91 Å². The zero-order valence-corrected chi connectivity index (χ0v) is 23.3. The Balaban J connectivity index is 1.03. The third-order valence-corrected chi connectivity index (χ3v) is 8.91. The lowest BCUT2D eigenvalue weighted by atomic mass is 9.78. The fourth-order valence-corrected chi connectivity index (χ4v) is 6.61. The fraction of sp³-hybridized carbons (Fsp3) is 0.600. The number of fused-ring (bicyclic) bond motifs is 1. The molecule has 1 amide bonds. The van der Waals surface area contributed by atoms with Crippen molar-refractivity contribution in [2.24, 2.45) is 5.92 Å². The Bertz CT molecular complexity index is 1330. The van der Waals surface area contributed by atoms with Gasteiger partial charge in [-0.1, -0.05) is 12.1 Å². The Morgan fingerprint density at radius 3 is 2.36 bits per heavy atom. The highest BCUT2D eigenvalue weighted by atomic mass is 19.1. The van der Waals surface area contributed by atoms with E-state index >= 15 is 0 Å². The number of piperidine rings is 1. The van der Waals surface area contributed by atoms with Gasteiger partial charge in [-0.3, -0.25) is 4.79 Å². The summed E-state index contributed by atoms with van der Waals surface area (Å²) < 4.78 is 21.7. The number of carbonyl (C=O) groups excluding carboxylic acids is 1. The molecule has 0 spiro atoms. The van der Waals surface area contributed by atoms with Gasteiger partial charge >= 0.3 is 0 Å². The van der Waals surface area contributed by atoms with E-state index in [1.165, 1.54) is 11.3 Å². The number of halogens is 1. The molecule has 39 heavy (non-hydrogen) atoms. The molecule has 0 bridgehead atoms. The van der Waals surface area contributed by atoms with Crippen molar-refractivity contribution >= 4 is 17.4 Å². The molecule has 3 aromatic rings. The van der Waals surface area contributed by atoms with Crippen molar-refractivity contribution in [3.8, 4) is 5.75 Å². The van der Waals surface area contributed by atoms with E-state index in [9.17, 15) is 9.18 Å². The summed E-state index contributed by atoms with van der Waals surface area (Å²) in [4.78, 5) is 26.2. The molecule has 4 heterocycles. The average Bonchev–Trinajstić information content (AvgIpc) is 3.57. The van der Waals surface area contributed by atoms with Crippen LogP contribution < -0.4 is 9.64 Å². The van der Waals surface area contributed by atoms with Gasteiger partial charge < -0.3 is 14.5 Å². The molecule has 3 aliphatic rings. The Kier molecular flexibility index (Phi) is 7.16. The van der Waals surface area contributed by atoms with Crippen molar-refractivity contribution in [1.29, 1.82) is 0 Å². The number of amides is 1. The molecule has 2 aromatic heterocycles. The Morgan fingerprint density at radius 2 is 1.64 bits per heavy atom. The van der Waals surface area contributed by atoms with E-state index in [1.54, 1.807) is 4.52 Å². The number of aryl methyl sites for hydroxylation is 3. The van der Waals surface area contributed by atoms with E-state index in [2.05, 4.69) is 44.2 Å². The molecule has 0 radical (unpaired) electrons. The number of ether oxygens (including phenoxy) is 1. The number of benzene rings is 1. The van der Waals surface area contributed by atoms with Crippen LogP contribution in [0.4, 0.5) is 10.1 Å². The minimum Gasteiger partial charge on any atom is -0.485 e. The zero-order valence-electron chi connectivity index (χ0n) is 23.3. The van der Waals surface area contributed by atoms with E-state index in [0.29, 0.717) is 43.5 Å². The maximum Gasteiger partial charge on any atom is 0.253 e. The largest absolute Gasteiger partial charge is 0.485 e. The number of anilines is 1. The van der Waals surface area contributed by atoms with Crippen LogP contribution in [0, 0.1) is 26.7 Å². The summed E-state index contributed by atoms with van der Waals surface area (Å²) in [7, 11) is 0. The average molecular weight is 535 g/mol. The minimum absolute atomic E-state index is 0.0921. The monoisotopic (exact) mass is 534 g/mol. The van der Waals surface area contributed by atoms with Crippen molar-refractivity contribution < 1.29 is 13.9 Å². The minimum atomic E-state index is -0.739. The maximum absolute atomic E-state index is 13.5. The Hall–Kier alpha value is -3.23. The molecule has 1 saturated carbocycles. The van der Waals surface area contributed by atoms with Gasteiger partial charge in [-0.25, -0.2) is 9.37 Å². The van der Waals surface area contributed by atoms with Crippen LogP contribution in [0.15, 0.2) is 24.3 Å². The first kappa shape index (κ1) is 26.0. The molecule has 2 aliphatic heterocycles. The molecule has 1 aromatic carbocycles. The topological polar surface area (TPSA) is 75.9 Å². The molecule has 2 saturated heterocycles. The SMILES string of the molecule is Cc1nc2nc(C)c(O[C@@H]3CCN(c4ccc(C5CCC(C(=O)N6CCC(F)CC6)CC5)cc4)C3)c(C)n2n1. The molecule has 8 nitrogen and oxygen atoms in total. The summed E-state index contributed by atoms with van der Waals surface area (Å²) in [5, 5.41) is 4.46. The fourth-order valence-electron chi connectivity index (χ4n) is 6.61. The lowest BCUT2D eigenvalue weighted by molar-refractivity contribution is -0.138. The molecule has 3 fully saturated rings. The molecule has 208 valence electrons. The zero-order chi connectivity index (χ0) is 27.1. The predicted molar refractivity (Wildman–Crippen MR) is 148 cm³/mol. The van der Waals surface area contributed by atoms with Crippen molar-refractivity contribution in [2.75, 3.05) is 31.1 Å². The van der Waals surface area contributed by atoms with Gasteiger partial charge in [-0.2, -0.15) is 9.50 Å². The second kappa shape index (κ2) is 10.7. The second-order valence-electron chi connectivity index (χ2n) is 11.6. The number of hydrogen-bond donors (Lipinski definition) is 0. The lowest BCUT2D eigenvalue weighted by Gasteiger charge is -2.35. The van der Waals surface area contributed by atoms with Gasteiger partial charge in [0.1, 0.15) is 18.1 Å². The van der Waals surface area contributed by atoms with E-state index in [1.807, 2.05) is 25.7 Å². The van der Waals surface area contributed by atoms with Crippen LogP contribution in [0.25, 0.3) is 5.78 Å². The van der Waals surface area contributed by atoms with Crippen LogP contribution in [0.2, 0.25) is 0 Å². The molecular weight excluding hydrogens is 495 g/mol. The smallest absolute Gasteiger partial charge is 0.253 e. The third kappa shape index (κ3) is 5.32. The van der Waals surface area contributed by atoms with E-state index in [0.717, 1.165) is 62.3 Å². The van der Waals surface area contributed by atoms with E-state index in [4.69, 9.17) is 4.74 Å². The van der Waals surface area contributed by atoms with Crippen LogP contribution in [0.5, 0.6) is 5.75 Å². The van der Waals surface area contributed by atoms with Gasteiger partial charge in [-0.15, -0.1) is 5.10 Å². The lowest BCUT2D eigenvalue weighted by Crippen LogP contribution is -2.43. The maximum atomic E-state index is 13.5. The standard InChI is InChI=1S/C30H39FN6O2/c1-19-28(20(2)37-30(32-19)33-21(3)34-37)39-27-14-17-36(18-27)26-10-8-23(9-11-26)22-4-6-24(7-5-22)29(38)35-15-12-25(31)13-16-35/h8-11,22,24-25,27H,4-7,12-18H2,1-3H3/t22?,24?,27-/m1/s1. The van der Waals surface area contributed by atoms with Crippen LogP contribution >= 0.6 is 0 Å². The number of likely N-dealkylation sites (tertiary alicyclic amines) is 1. The second-order valence-corrected chi connectivity index (χ2v) is 11.6. The van der Waals surface area contributed by atoms with Crippen LogP contribution in [0.3, 0.4) is 0 Å². The number of rotatable bonds is 5. The number of alkyl halides is 1. The highest BCUT2D eigenvalue weighted by Crippen LogP contribution is 2.38. The van der Waals surface area contributed by atoms with Crippen LogP contribution in [0.1, 0.15) is 73.6 Å². The highest BCUT2D eigenvalue weighted by molar-refractivity contribution is 5.79. The van der Waals surface area contributed by atoms with Gasteiger partial charge in [0, 0.05) is 37.7 Å². The Morgan fingerprint density at radius 1 is 0.923 bits per heavy atom. The molecule has 1 atom stereocenters. The summed E-state index contributed by atoms with van der Waals surface area (Å²) in [6, 6.07) is 9.00. The highest BCUT2D eigenvalue weighted by Gasteiger charge is 2.32. The normalized spacial score (nSPS) is 24.5. The summed E-state index contributed by atoms with van der Waals surface area (Å²) in [6.07, 6.45) is 5.23. The molecule has 9 heteroatoms. The molecule has 0 unspecified atom stereocenters. The van der Waals surface area contributed by atoms with Crippen molar-refractivity contribution in [2.45, 2.75) is 83.9 Å². The summed E-state index contributed by atoms with van der Waals surface area (Å²) in [5.41, 5.74) is 4.36. The molecule has 6 rings (SSSR count). The van der Waals surface area contributed by atoms with Crippen LogP contribution in [-0.4, -0.2) is 68.8 Å². The van der Waals surface area contributed by atoms with Gasteiger partial charge in [0.25, 0.3) is 5.78 Å². The number of nitrogens with zero attached hydrogens (tertiary/aromatic N) is 6. The van der Waals surface area contributed by atoms with Gasteiger partial charge in [0.05, 0.1) is 17.9 Å². The van der Waals surface area contributed by atoms with Crippen molar-refractivity contribution in [3.63, 3.8) is 0 Å². The summed E-state index contributed by atoms with van der Waals surface area (Å²) >= 11 is 0.